The van der Waals surface area contributed by atoms with Gasteiger partial charge < -0.3 is 0 Å². The Balaban J connectivity index is 1.73. The van der Waals surface area contributed by atoms with E-state index in [2.05, 4.69) is 9.71 Å². The maximum absolute atomic E-state index is 13.2. The van der Waals surface area contributed by atoms with Crippen molar-refractivity contribution in [3.63, 3.8) is 0 Å². The van der Waals surface area contributed by atoms with Crippen LogP contribution in [0.2, 0.25) is 0 Å². The third kappa shape index (κ3) is 5.03. The number of para-hydroxylation sites is 1. The molecule has 4 nitrogen and oxygen atoms in total. The fourth-order valence-corrected chi connectivity index (χ4v) is 4.59. The lowest BCUT2D eigenvalue weighted by atomic mass is 10.2. The Labute approximate surface area is 167 Å². The van der Waals surface area contributed by atoms with Gasteiger partial charge in [-0.1, -0.05) is 18.2 Å². The third-order valence-electron chi connectivity index (χ3n) is 3.82. The van der Waals surface area contributed by atoms with Crippen LogP contribution in [0, 0.1) is 11.6 Å². The molecule has 0 atom stereocenters. The van der Waals surface area contributed by atoms with Crippen molar-refractivity contribution in [2.24, 2.45) is 0 Å². The van der Waals surface area contributed by atoms with Crippen molar-refractivity contribution in [3.05, 3.63) is 65.9 Å². The number of hydrogen-bond acceptors (Lipinski definition) is 4. The summed E-state index contributed by atoms with van der Waals surface area (Å²) in [5, 5.41) is 0.508. The lowest BCUT2D eigenvalue weighted by Gasteiger charge is -2.12. The van der Waals surface area contributed by atoms with Crippen molar-refractivity contribution in [2.75, 3.05) is 12.3 Å². The second kappa shape index (κ2) is 8.25. The first-order chi connectivity index (χ1) is 13.6. The summed E-state index contributed by atoms with van der Waals surface area (Å²) in [5.74, 6) is -2.37. The molecule has 0 bridgehead atoms. The Morgan fingerprint density at radius 1 is 1.00 bits per heavy atom. The summed E-state index contributed by atoms with van der Waals surface area (Å²) in [6.07, 6.45) is -4.62. The van der Waals surface area contributed by atoms with Gasteiger partial charge in [-0.3, -0.25) is 0 Å². The van der Waals surface area contributed by atoms with E-state index in [-0.39, 0.29) is 17.8 Å². The van der Waals surface area contributed by atoms with Gasteiger partial charge in [-0.25, -0.2) is 26.9 Å². The Morgan fingerprint density at radius 3 is 2.41 bits per heavy atom. The molecule has 0 fully saturated rings. The van der Waals surface area contributed by atoms with Gasteiger partial charge in [-0.05, 0) is 30.3 Å². The van der Waals surface area contributed by atoms with Gasteiger partial charge in [0.05, 0.1) is 10.4 Å². The smallest absolute Gasteiger partial charge is 0.243 e. The highest BCUT2D eigenvalue weighted by Gasteiger charge is 2.33. The number of halogens is 5. The molecule has 0 aliphatic carbocycles. The number of hydrogen-bond donors (Lipinski definition) is 1. The molecule has 0 unspecified atom stereocenters. The van der Waals surface area contributed by atoms with Crippen LogP contribution in [0.4, 0.5) is 22.0 Å². The molecule has 1 heterocycles. The minimum Gasteiger partial charge on any atom is -0.243 e. The minimum atomic E-state index is -4.62. The fourth-order valence-electron chi connectivity index (χ4n) is 2.47. The largest absolute Gasteiger partial charge is 0.433 e. The number of sulfonamides is 1. The molecule has 0 aliphatic heterocycles. The molecule has 154 valence electrons. The summed E-state index contributed by atoms with van der Waals surface area (Å²) in [6.45, 7) is -0.135. The number of thioether (sulfide) groups is 1. The van der Waals surface area contributed by atoms with Crippen molar-refractivity contribution in [2.45, 2.75) is 16.0 Å². The molecule has 0 saturated carbocycles. The molecule has 0 spiro atoms. The molecule has 0 amide bonds. The molecule has 11 heteroatoms. The molecule has 0 saturated heterocycles. The zero-order chi connectivity index (χ0) is 21.2. The first-order valence-electron chi connectivity index (χ1n) is 8.12. The monoisotopic (exact) mass is 448 g/mol. The molecule has 1 aromatic heterocycles. The maximum atomic E-state index is 13.2. The van der Waals surface area contributed by atoms with E-state index in [4.69, 9.17) is 0 Å². The van der Waals surface area contributed by atoms with Gasteiger partial charge in [0.2, 0.25) is 10.0 Å². The lowest BCUT2D eigenvalue weighted by Crippen LogP contribution is -2.26. The average molecular weight is 448 g/mol. The maximum Gasteiger partial charge on any atom is 0.433 e. The van der Waals surface area contributed by atoms with Crippen LogP contribution in [-0.2, 0) is 16.2 Å². The van der Waals surface area contributed by atoms with Crippen LogP contribution in [0.25, 0.3) is 10.9 Å². The summed E-state index contributed by atoms with van der Waals surface area (Å²) in [5.41, 5.74) is -0.867. The molecule has 29 heavy (non-hydrogen) atoms. The zero-order valence-electron chi connectivity index (χ0n) is 14.5. The van der Waals surface area contributed by atoms with Gasteiger partial charge in [-0.2, -0.15) is 13.2 Å². The molecule has 0 aliphatic rings. The SMILES string of the molecule is O=S(=O)(NCCSc1cc(C(F)(F)F)nc2ccccc12)c1ccc(F)c(F)c1. The number of nitrogens with one attached hydrogen (secondary N) is 1. The number of rotatable bonds is 6. The van der Waals surface area contributed by atoms with Crippen molar-refractivity contribution in [1.29, 1.82) is 0 Å². The molecule has 2 aromatic carbocycles. The topological polar surface area (TPSA) is 59.1 Å². The Kier molecular flexibility index (Phi) is 6.11. The zero-order valence-corrected chi connectivity index (χ0v) is 16.1. The number of alkyl halides is 3. The van der Waals surface area contributed by atoms with Crippen LogP contribution in [0.15, 0.2) is 58.3 Å². The summed E-state index contributed by atoms with van der Waals surface area (Å²) in [4.78, 5) is 3.47. The Bertz CT molecular complexity index is 1150. The highest BCUT2D eigenvalue weighted by molar-refractivity contribution is 7.99. The average Bonchev–Trinajstić information content (AvgIpc) is 2.66. The number of benzene rings is 2. The first kappa shape index (κ1) is 21.5. The molecular formula is C18H13F5N2O2S2. The quantitative estimate of drug-likeness (QED) is 0.340. The van der Waals surface area contributed by atoms with Gasteiger partial charge in [0, 0.05) is 22.6 Å². The first-order valence-corrected chi connectivity index (χ1v) is 10.6. The van der Waals surface area contributed by atoms with Crippen molar-refractivity contribution >= 4 is 32.7 Å². The number of aromatic nitrogens is 1. The van der Waals surface area contributed by atoms with Crippen molar-refractivity contribution < 1.29 is 30.4 Å². The molecule has 3 aromatic rings. The predicted octanol–water partition coefficient (Wildman–Crippen LogP) is 4.60. The van der Waals surface area contributed by atoms with Gasteiger partial charge in [0.15, 0.2) is 11.6 Å². The van der Waals surface area contributed by atoms with E-state index >= 15 is 0 Å². The summed E-state index contributed by atoms with van der Waals surface area (Å²) >= 11 is 1.02. The summed E-state index contributed by atoms with van der Waals surface area (Å²) in [6, 6.07) is 9.39. The van der Waals surface area contributed by atoms with Crippen LogP contribution in [0.5, 0.6) is 0 Å². The number of pyridine rings is 1. The van der Waals surface area contributed by atoms with Crippen LogP contribution >= 0.6 is 11.8 Å². The summed E-state index contributed by atoms with van der Waals surface area (Å²) < 4.78 is 91.9. The van der Waals surface area contributed by atoms with E-state index in [0.29, 0.717) is 22.4 Å². The van der Waals surface area contributed by atoms with Gasteiger partial charge in [0.1, 0.15) is 5.69 Å². The number of nitrogens with zero attached hydrogens (tertiary/aromatic N) is 1. The third-order valence-corrected chi connectivity index (χ3v) is 6.34. The molecule has 1 N–H and O–H groups in total. The number of fused-ring (bicyclic) bond motifs is 1. The normalized spacial score (nSPS) is 12.4. The van der Waals surface area contributed by atoms with Crippen LogP contribution < -0.4 is 4.72 Å². The Hall–Kier alpha value is -2.24. The highest BCUT2D eigenvalue weighted by Crippen LogP contribution is 2.34. The van der Waals surface area contributed by atoms with E-state index in [1.165, 1.54) is 6.07 Å². The predicted molar refractivity (Wildman–Crippen MR) is 99.0 cm³/mol. The lowest BCUT2D eigenvalue weighted by molar-refractivity contribution is -0.141. The van der Waals surface area contributed by atoms with Crippen LogP contribution in [0.1, 0.15) is 5.69 Å². The van der Waals surface area contributed by atoms with E-state index in [1.807, 2.05) is 0 Å². The second-order valence-electron chi connectivity index (χ2n) is 5.84. The van der Waals surface area contributed by atoms with Gasteiger partial charge in [-0.15, -0.1) is 11.8 Å². The van der Waals surface area contributed by atoms with Gasteiger partial charge in [0.25, 0.3) is 0 Å². The highest BCUT2D eigenvalue weighted by atomic mass is 32.2. The summed E-state index contributed by atoms with van der Waals surface area (Å²) in [7, 11) is -4.09. The van der Waals surface area contributed by atoms with Crippen LogP contribution in [-0.4, -0.2) is 25.7 Å². The van der Waals surface area contributed by atoms with Crippen molar-refractivity contribution in [1.82, 2.24) is 9.71 Å². The molecule has 0 radical (unpaired) electrons. The fraction of sp³-hybridized carbons (Fsp3) is 0.167. The Morgan fingerprint density at radius 2 is 1.72 bits per heavy atom. The van der Waals surface area contributed by atoms with E-state index in [1.54, 1.807) is 18.2 Å². The minimum absolute atomic E-state index is 0.105. The van der Waals surface area contributed by atoms with E-state index < -0.39 is 38.4 Å². The van der Waals surface area contributed by atoms with E-state index in [9.17, 15) is 30.4 Å². The van der Waals surface area contributed by atoms with Crippen LogP contribution in [0.3, 0.4) is 0 Å². The standard InChI is InChI=1S/C18H13F5N2O2S2/c19-13-6-5-11(9-14(13)20)29(26,27)24-7-8-28-16-10-17(18(21,22)23)25-15-4-2-1-3-12(15)16/h1-6,9-10,24H,7-8H2. The molecule has 3 rings (SSSR count). The molecular weight excluding hydrogens is 435 g/mol. The van der Waals surface area contributed by atoms with E-state index in [0.717, 1.165) is 23.9 Å². The van der Waals surface area contributed by atoms with Gasteiger partial charge >= 0.3 is 6.18 Å². The second-order valence-corrected chi connectivity index (χ2v) is 8.75. The van der Waals surface area contributed by atoms with Crippen molar-refractivity contribution in [3.8, 4) is 0 Å².